The molecule has 2 aliphatic rings. The fourth-order valence-electron chi connectivity index (χ4n) is 5.17. The second-order valence-electron chi connectivity index (χ2n) is 10.3. The molecule has 2 aromatic carbocycles. The number of sulfonamides is 1. The average molecular weight is 495 g/mol. The predicted octanol–water partition coefficient (Wildman–Crippen LogP) is 4.19. The smallest absolute Gasteiger partial charge is 0.255 e. The van der Waals surface area contributed by atoms with Crippen molar-refractivity contribution in [3.8, 4) is 6.07 Å². The van der Waals surface area contributed by atoms with Crippen LogP contribution in [0.2, 0.25) is 0 Å². The maximum Gasteiger partial charge on any atom is 0.255 e. The van der Waals surface area contributed by atoms with Crippen LogP contribution in [-0.2, 0) is 10.0 Å². The molecule has 0 spiro atoms. The summed E-state index contributed by atoms with van der Waals surface area (Å²) >= 11 is 0. The Kier molecular flexibility index (Phi) is 7.32. The van der Waals surface area contributed by atoms with Crippen LogP contribution in [0.3, 0.4) is 0 Å². The molecule has 2 unspecified atom stereocenters. The Morgan fingerprint density at radius 1 is 1.03 bits per heavy atom. The van der Waals surface area contributed by atoms with Gasteiger partial charge in [-0.2, -0.15) is 9.57 Å². The van der Waals surface area contributed by atoms with E-state index in [0.29, 0.717) is 41.7 Å². The topological polar surface area (TPSA) is 93.5 Å². The summed E-state index contributed by atoms with van der Waals surface area (Å²) < 4.78 is 28.7. The summed E-state index contributed by atoms with van der Waals surface area (Å²) in [5.74, 6) is 0.282. The van der Waals surface area contributed by atoms with Crippen molar-refractivity contribution < 1.29 is 13.2 Å². The van der Waals surface area contributed by atoms with Crippen LogP contribution >= 0.6 is 0 Å². The molecule has 2 saturated heterocycles. The zero-order valence-electron chi connectivity index (χ0n) is 20.7. The quantitative estimate of drug-likeness (QED) is 0.623. The Morgan fingerprint density at radius 3 is 2.17 bits per heavy atom. The van der Waals surface area contributed by atoms with Gasteiger partial charge in [-0.15, -0.1) is 0 Å². The van der Waals surface area contributed by atoms with Crippen LogP contribution in [0.5, 0.6) is 0 Å². The monoisotopic (exact) mass is 494 g/mol. The standard InChI is InChI=1S/C27H34N4O3S/c1-4-5-14-30-16-22-18-31(19-23(17-30)27(22,2)3)35(33,34)25-12-10-24(11-13-25)29-26(32)21-8-6-20(15-28)7-9-21/h6-13,22-23H,4-5,14,16-19H2,1-3H3,(H,29,32). The first kappa shape index (κ1) is 25.4. The Morgan fingerprint density at radius 2 is 1.63 bits per heavy atom. The van der Waals surface area contributed by atoms with E-state index in [1.165, 1.54) is 12.8 Å². The average Bonchev–Trinajstić information content (AvgIpc) is 2.83. The molecule has 0 radical (unpaired) electrons. The van der Waals surface area contributed by atoms with E-state index in [4.69, 9.17) is 5.26 Å². The number of amides is 1. The Hall–Kier alpha value is -2.73. The molecule has 7 nitrogen and oxygen atoms in total. The minimum absolute atomic E-state index is 0.119. The van der Waals surface area contributed by atoms with E-state index < -0.39 is 10.0 Å². The van der Waals surface area contributed by atoms with Crippen molar-refractivity contribution in [2.75, 3.05) is 38.0 Å². The summed E-state index contributed by atoms with van der Waals surface area (Å²) in [5, 5.41) is 11.7. The second-order valence-corrected chi connectivity index (χ2v) is 12.3. The molecule has 0 aliphatic carbocycles. The van der Waals surface area contributed by atoms with Crippen LogP contribution in [0, 0.1) is 28.6 Å². The number of carbonyl (C=O) groups excluding carboxylic acids is 1. The van der Waals surface area contributed by atoms with Gasteiger partial charge in [0.15, 0.2) is 0 Å². The molecule has 2 fully saturated rings. The fourth-order valence-corrected chi connectivity index (χ4v) is 6.70. The molecule has 2 atom stereocenters. The van der Waals surface area contributed by atoms with Crippen LogP contribution in [0.25, 0.3) is 0 Å². The van der Waals surface area contributed by atoms with Gasteiger partial charge in [0.05, 0.1) is 16.5 Å². The van der Waals surface area contributed by atoms with Crippen LogP contribution in [-0.4, -0.2) is 56.3 Å². The van der Waals surface area contributed by atoms with E-state index in [1.807, 2.05) is 6.07 Å². The number of unbranched alkanes of at least 4 members (excludes halogenated alkanes) is 1. The van der Waals surface area contributed by atoms with Gasteiger partial charge in [0.1, 0.15) is 0 Å². The summed E-state index contributed by atoms with van der Waals surface area (Å²) in [6.07, 6.45) is 2.34. The number of carbonyl (C=O) groups is 1. The van der Waals surface area contributed by atoms with Crippen molar-refractivity contribution >= 4 is 21.6 Å². The number of nitrogens with one attached hydrogen (secondary N) is 1. The van der Waals surface area contributed by atoms with Gasteiger partial charge >= 0.3 is 0 Å². The number of piperidine rings is 2. The number of hydrogen-bond acceptors (Lipinski definition) is 5. The molecule has 1 N–H and O–H groups in total. The first-order valence-electron chi connectivity index (χ1n) is 12.3. The van der Waals surface area contributed by atoms with Crippen molar-refractivity contribution in [3.63, 3.8) is 0 Å². The molecular formula is C27H34N4O3S. The SMILES string of the molecule is CCCCN1CC2CN(S(=O)(=O)c3ccc(NC(=O)c4ccc(C#N)cc4)cc3)CC(C1)C2(C)C. The lowest BCUT2D eigenvalue weighted by Crippen LogP contribution is -2.62. The first-order valence-corrected chi connectivity index (χ1v) is 13.7. The van der Waals surface area contributed by atoms with Crippen LogP contribution in [0.1, 0.15) is 49.5 Å². The molecular weight excluding hydrogens is 460 g/mol. The highest BCUT2D eigenvalue weighted by molar-refractivity contribution is 7.89. The van der Waals surface area contributed by atoms with Gasteiger partial charge in [0.2, 0.25) is 10.0 Å². The highest BCUT2D eigenvalue weighted by atomic mass is 32.2. The third-order valence-corrected chi connectivity index (χ3v) is 9.61. The second kappa shape index (κ2) is 10.1. The van der Waals surface area contributed by atoms with Gasteiger partial charge in [0.25, 0.3) is 5.91 Å². The molecule has 35 heavy (non-hydrogen) atoms. The number of nitrogens with zero attached hydrogens (tertiary/aromatic N) is 3. The van der Waals surface area contributed by atoms with Crippen molar-refractivity contribution in [1.29, 1.82) is 5.26 Å². The van der Waals surface area contributed by atoms with Gasteiger partial charge in [-0.1, -0.05) is 27.2 Å². The van der Waals surface area contributed by atoms with E-state index in [0.717, 1.165) is 19.6 Å². The van der Waals surface area contributed by atoms with E-state index in [-0.39, 0.29) is 16.2 Å². The highest BCUT2D eigenvalue weighted by Gasteiger charge is 2.49. The number of fused-ring (bicyclic) bond motifs is 2. The summed E-state index contributed by atoms with van der Waals surface area (Å²) in [6, 6.07) is 14.7. The molecule has 0 aromatic heterocycles. The first-order chi connectivity index (χ1) is 16.6. The number of rotatable bonds is 7. The lowest BCUT2D eigenvalue weighted by atomic mass is 9.64. The Bertz CT molecular complexity index is 1180. The molecule has 186 valence electrons. The number of nitriles is 1. The van der Waals surface area contributed by atoms with E-state index in [9.17, 15) is 13.2 Å². The molecule has 2 bridgehead atoms. The van der Waals surface area contributed by atoms with E-state index in [1.54, 1.807) is 52.8 Å². The van der Waals surface area contributed by atoms with Crippen molar-refractivity contribution in [3.05, 3.63) is 59.7 Å². The lowest BCUT2D eigenvalue weighted by Gasteiger charge is -2.55. The summed E-state index contributed by atoms with van der Waals surface area (Å²) in [7, 11) is -3.62. The van der Waals surface area contributed by atoms with Gasteiger partial charge in [0, 0.05) is 37.4 Å². The lowest BCUT2D eigenvalue weighted by molar-refractivity contribution is -0.0493. The molecule has 0 saturated carbocycles. The number of hydrogen-bond donors (Lipinski definition) is 1. The third kappa shape index (κ3) is 5.27. The van der Waals surface area contributed by atoms with E-state index >= 15 is 0 Å². The van der Waals surface area contributed by atoms with Gasteiger partial charge < -0.3 is 10.2 Å². The van der Waals surface area contributed by atoms with Gasteiger partial charge in [-0.05, 0) is 78.7 Å². The molecule has 2 heterocycles. The predicted molar refractivity (Wildman–Crippen MR) is 136 cm³/mol. The fraction of sp³-hybridized carbons (Fsp3) is 0.481. The summed E-state index contributed by atoms with van der Waals surface area (Å²) in [5.41, 5.74) is 1.54. The van der Waals surface area contributed by atoms with Crippen LogP contribution in [0.15, 0.2) is 53.4 Å². The maximum atomic E-state index is 13.5. The molecule has 1 amide bonds. The Balaban J connectivity index is 1.44. The normalized spacial score (nSPS) is 22.3. The van der Waals surface area contributed by atoms with Crippen molar-refractivity contribution in [1.82, 2.24) is 9.21 Å². The largest absolute Gasteiger partial charge is 0.322 e. The van der Waals surface area contributed by atoms with Gasteiger partial charge in [-0.25, -0.2) is 8.42 Å². The minimum Gasteiger partial charge on any atom is -0.322 e. The molecule has 4 rings (SSSR count). The molecule has 2 aromatic rings. The maximum absolute atomic E-state index is 13.5. The van der Waals surface area contributed by atoms with Crippen LogP contribution in [0.4, 0.5) is 5.69 Å². The Labute approximate surface area is 208 Å². The zero-order valence-corrected chi connectivity index (χ0v) is 21.5. The molecule has 2 aliphatic heterocycles. The highest BCUT2D eigenvalue weighted by Crippen LogP contribution is 2.45. The summed E-state index contributed by atoms with van der Waals surface area (Å²) in [4.78, 5) is 15.2. The van der Waals surface area contributed by atoms with Crippen molar-refractivity contribution in [2.24, 2.45) is 17.3 Å². The third-order valence-electron chi connectivity index (χ3n) is 7.76. The number of anilines is 1. The summed E-state index contributed by atoms with van der Waals surface area (Å²) in [6.45, 7) is 10.8. The minimum atomic E-state index is -3.62. The van der Waals surface area contributed by atoms with Crippen molar-refractivity contribution in [2.45, 2.75) is 38.5 Å². The van der Waals surface area contributed by atoms with Gasteiger partial charge in [-0.3, -0.25) is 4.79 Å². The molecule has 8 heteroatoms. The number of likely N-dealkylation sites (tertiary alicyclic amines) is 1. The zero-order chi connectivity index (χ0) is 25.2. The van der Waals surface area contributed by atoms with E-state index in [2.05, 4.69) is 31.0 Å². The number of benzene rings is 2. The van der Waals surface area contributed by atoms with Crippen LogP contribution < -0.4 is 5.32 Å².